The Morgan fingerprint density at radius 1 is 1.24 bits per heavy atom. The third kappa shape index (κ3) is 6.23. The van der Waals surface area contributed by atoms with Crippen LogP contribution in [0.3, 0.4) is 0 Å². The van der Waals surface area contributed by atoms with Crippen molar-refractivity contribution in [2.45, 2.75) is 26.1 Å². The third-order valence-electron chi connectivity index (χ3n) is 4.39. The lowest BCUT2D eigenvalue weighted by atomic mass is 10.2. The number of amides is 1. The van der Waals surface area contributed by atoms with Crippen LogP contribution in [-0.2, 0) is 17.5 Å². The van der Waals surface area contributed by atoms with E-state index in [1.54, 1.807) is 24.3 Å². The number of aryl methyl sites for hydroxylation is 1. The summed E-state index contributed by atoms with van der Waals surface area (Å²) in [6.07, 6.45) is -4.86. The van der Waals surface area contributed by atoms with E-state index in [1.165, 1.54) is 19.1 Å². The number of hydrogen-bond acceptors (Lipinski definition) is 5. The van der Waals surface area contributed by atoms with Crippen LogP contribution in [0.25, 0.3) is 0 Å². The molecule has 1 amide bonds. The molecule has 33 heavy (non-hydrogen) atoms. The summed E-state index contributed by atoms with van der Waals surface area (Å²) in [5, 5.41) is 17.8. The van der Waals surface area contributed by atoms with E-state index in [2.05, 4.69) is 26.3 Å². The van der Waals surface area contributed by atoms with Gasteiger partial charge >= 0.3 is 6.18 Å². The lowest BCUT2D eigenvalue weighted by Gasteiger charge is -2.10. The van der Waals surface area contributed by atoms with Crippen molar-refractivity contribution in [3.05, 3.63) is 73.5 Å². The molecule has 1 heterocycles. The van der Waals surface area contributed by atoms with Crippen molar-refractivity contribution < 1.29 is 27.6 Å². The fourth-order valence-corrected chi connectivity index (χ4v) is 3.45. The first-order valence-electron chi connectivity index (χ1n) is 9.27. The van der Waals surface area contributed by atoms with Gasteiger partial charge in [0, 0.05) is 23.6 Å². The molecule has 0 radical (unpaired) electrons. The average molecular weight is 548 g/mol. The summed E-state index contributed by atoms with van der Waals surface area (Å²) in [5.41, 5.74) is -1.10. The number of aromatic nitrogens is 2. The summed E-state index contributed by atoms with van der Waals surface area (Å²) in [6, 6.07) is 10.0. The summed E-state index contributed by atoms with van der Waals surface area (Å²) in [7, 11) is 0. The van der Waals surface area contributed by atoms with Gasteiger partial charge in [0.15, 0.2) is 5.69 Å². The molecule has 0 saturated carbocycles. The summed E-state index contributed by atoms with van der Waals surface area (Å²) in [4.78, 5) is 23.0. The highest BCUT2D eigenvalue weighted by Crippen LogP contribution is 2.35. The number of anilines is 1. The Morgan fingerprint density at radius 2 is 1.91 bits per heavy atom. The van der Waals surface area contributed by atoms with Gasteiger partial charge in [-0.25, -0.2) is 0 Å². The van der Waals surface area contributed by atoms with E-state index in [0.717, 1.165) is 10.7 Å². The molecule has 0 unspecified atom stereocenters. The number of rotatable bonds is 7. The number of nitrogens with one attached hydrogen (secondary N) is 1. The van der Waals surface area contributed by atoms with Gasteiger partial charge in [-0.1, -0.05) is 11.6 Å². The molecule has 8 nitrogen and oxygen atoms in total. The molecule has 3 aromatic rings. The Hall–Kier alpha value is -3.12. The molecule has 2 aromatic carbocycles. The predicted octanol–water partition coefficient (Wildman–Crippen LogP) is 6.36. The molecular formula is C20H15BrClF3N4O4. The largest absolute Gasteiger partial charge is 0.457 e. The molecule has 0 aliphatic rings. The molecular weight excluding hydrogens is 533 g/mol. The van der Waals surface area contributed by atoms with Crippen molar-refractivity contribution in [1.82, 2.24) is 9.78 Å². The van der Waals surface area contributed by atoms with Crippen LogP contribution in [0.4, 0.5) is 24.5 Å². The average Bonchev–Trinajstić information content (AvgIpc) is 3.02. The zero-order valence-corrected chi connectivity index (χ0v) is 19.2. The van der Waals surface area contributed by atoms with Gasteiger partial charge in [-0.05, 0) is 47.1 Å². The number of hydrogen-bond donors (Lipinski definition) is 1. The number of carbonyl (C=O) groups excluding carboxylic acids is 1. The minimum absolute atomic E-state index is 0.0903. The number of halogens is 5. The van der Waals surface area contributed by atoms with Gasteiger partial charge in [-0.15, -0.1) is 0 Å². The molecule has 1 N–H and O–H groups in total. The molecule has 13 heteroatoms. The van der Waals surface area contributed by atoms with Crippen LogP contribution in [0.2, 0.25) is 5.02 Å². The second kappa shape index (κ2) is 9.79. The lowest BCUT2D eigenvalue weighted by molar-refractivity contribution is -0.384. The van der Waals surface area contributed by atoms with Gasteiger partial charge in [0.25, 0.3) is 5.69 Å². The van der Waals surface area contributed by atoms with E-state index < -0.39 is 22.7 Å². The predicted molar refractivity (Wildman–Crippen MR) is 118 cm³/mol. The molecule has 0 bridgehead atoms. The second-order valence-corrected chi connectivity index (χ2v) is 8.03. The first kappa shape index (κ1) is 24.5. The van der Waals surface area contributed by atoms with Crippen LogP contribution in [0.1, 0.15) is 17.8 Å². The Bertz CT molecular complexity index is 1200. The molecule has 0 aliphatic heterocycles. The second-order valence-electron chi connectivity index (χ2n) is 6.80. The molecule has 0 atom stereocenters. The van der Waals surface area contributed by atoms with Gasteiger partial charge in [-0.3, -0.25) is 19.6 Å². The van der Waals surface area contributed by atoms with Gasteiger partial charge in [-0.2, -0.15) is 18.3 Å². The highest BCUT2D eigenvalue weighted by molar-refractivity contribution is 9.10. The molecule has 0 aliphatic carbocycles. The summed E-state index contributed by atoms with van der Waals surface area (Å²) < 4.78 is 45.4. The quantitative estimate of drug-likeness (QED) is 0.274. The fourth-order valence-electron chi connectivity index (χ4n) is 2.81. The van der Waals surface area contributed by atoms with Crippen LogP contribution in [0.5, 0.6) is 11.5 Å². The topological polar surface area (TPSA) is 99.3 Å². The molecule has 0 saturated heterocycles. The van der Waals surface area contributed by atoms with Crippen LogP contribution in [-0.4, -0.2) is 20.6 Å². The molecule has 0 fully saturated rings. The van der Waals surface area contributed by atoms with Crippen molar-refractivity contribution in [2.75, 3.05) is 5.32 Å². The van der Waals surface area contributed by atoms with E-state index in [9.17, 15) is 28.1 Å². The van der Waals surface area contributed by atoms with E-state index in [-0.39, 0.29) is 40.3 Å². The van der Waals surface area contributed by atoms with Gasteiger partial charge in [0.05, 0.1) is 33.4 Å². The van der Waals surface area contributed by atoms with E-state index in [0.29, 0.717) is 10.8 Å². The van der Waals surface area contributed by atoms with Gasteiger partial charge in [0.1, 0.15) is 11.5 Å². The highest BCUT2D eigenvalue weighted by Gasteiger charge is 2.37. The van der Waals surface area contributed by atoms with Crippen molar-refractivity contribution >= 4 is 44.8 Å². The van der Waals surface area contributed by atoms with Gasteiger partial charge in [0.2, 0.25) is 5.91 Å². The van der Waals surface area contributed by atoms with Crippen molar-refractivity contribution in [2.24, 2.45) is 0 Å². The number of nitrogens with zero attached hydrogens (tertiary/aromatic N) is 3. The lowest BCUT2D eigenvalue weighted by Crippen LogP contribution is -2.16. The number of alkyl halides is 3. The number of non-ortho nitro benzene ring substituents is 1. The molecule has 1 aromatic heterocycles. The standard InChI is InChI=1S/C20H15BrClF3N4O4/c1-11-18(21)19(20(23,24)25)27-28(11)7-6-17(30)26-13-8-14(29(31)32)10-16(9-13)33-15-4-2-12(22)3-5-15/h2-5,8-10H,6-7H2,1H3,(H,26,30). The van der Waals surface area contributed by atoms with Crippen molar-refractivity contribution in [1.29, 1.82) is 0 Å². The minimum Gasteiger partial charge on any atom is -0.457 e. The maximum atomic E-state index is 13.0. The van der Waals surface area contributed by atoms with E-state index >= 15 is 0 Å². The summed E-state index contributed by atoms with van der Waals surface area (Å²) >= 11 is 8.69. The zero-order valence-electron chi connectivity index (χ0n) is 16.8. The Balaban J connectivity index is 1.73. The number of ether oxygens (including phenoxy) is 1. The Kier molecular flexibility index (Phi) is 7.28. The summed E-state index contributed by atoms with van der Waals surface area (Å²) in [6.45, 7) is 1.31. The molecule has 3 rings (SSSR count). The first-order chi connectivity index (χ1) is 15.4. The minimum atomic E-state index is -4.64. The third-order valence-corrected chi connectivity index (χ3v) is 5.59. The van der Waals surface area contributed by atoms with Crippen LogP contribution < -0.4 is 10.1 Å². The Morgan fingerprint density at radius 3 is 2.48 bits per heavy atom. The van der Waals surface area contributed by atoms with Gasteiger partial charge < -0.3 is 10.1 Å². The fraction of sp³-hybridized carbons (Fsp3) is 0.200. The smallest absolute Gasteiger partial charge is 0.436 e. The number of benzene rings is 2. The molecule has 174 valence electrons. The summed E-state index contributed by atoms with van der Waals surface area (Å²) in [5.74, 6) is -0.103. The van der Waals surface area contributed by atoms with E-state index in [4.69, 9.17) is 16.3 Å². The maximum absolute atomic E-state index is 13.0. The number of nitro benzene ring substituents is 1. The number of carbonyl (C=O) groups is 1. The van der Waals surface area contributed by atoms with Crippen molar-refractivity contribution in [3.8, 4) is 11.5 Å². The number of nitro groups is 1. The van der Waals surface area contributed by atoms with Crippen LogP contribution in [0, 0.1) is 17.0 Å². The van der Waals surface area contributed by atoms with E-state index in [1.807, 2.05) is 0 Å². The first-order valence-corrected chi connectivity index (χ1v) is 10.4. The zero-order chi connectivity index (χ0) is 24.3. The normalized spacial score (nSPS) is 11.3. The van der Waals surface area contributed by atoms with Crippen LogP contribution >= 0.6 is 27.5 Å². The SMILES string of the molecule is Cc1c(Br)c(C(F)(F)F)nn1CCC(=O)Nc1cc(Oc2ccc(Cl)cc2)cc([N+](=O)[O-])c1. The Labute approximate surface area is 198 Å². The van der Waals surface area contributed by atoms with Crippen LogP contribution in [0.15, 0.2) is 46.9 Å². The maximum Gasteiger partial charge on any atom is 0.436 e. The monoisotopic (exact) mass is 546 g/mol. The highest BCUT2D eigenvalue weighted by atomic mass is 79.9. The van der Waals surface area contributed by atoms with Crippen molar-refractivity contribution in [3.63, 3.8) is 0 Å². The molecule has 0 spiro atoms.